The second-order valence-electron chi connectivity index (χ2n) is 5.38. The predicted molar refractivity (Wildman–Crippen MR) is 79.0 cm³/mol. The van der Waals surface area contributed by atoms with Crippen LogP contribution in [0.1, 0.15) is 44.6 Å². The van der Waals surface area contributed by atoms with Crippen LogP contribution in [0.2, 0.25) is 0 Å². The Balaban J connectivity index is 1.79. The Morgan fingerprint density at radius 1 is 1.21 bits per heavy atom. The molecule has 0 radical (unpaired) electrons. The van der Waals surface area contributed by atoms with Crippen molar-refractivity contribution in [3.8, 4) is 0 Å². The zero-order valence-corrected chi connectivity index (χ0v) is 11.7. The number of nitrogens with one attached hydrogen (secondary N) is 2. The average molecular weight is 260 g/mol. The van der Waals surface area contributed by atoms with Gasteiger partial charge in [0.1, 0.15) is 0 Å². The molecule has 0 spiro atoms. The van der Waals surface area contributed by atoms with Crippen molar-refractivity contribution in [1.82, 2.24) is 5.32 Å². The molecule has 1 aromatic rings. The third-order valence-corrected chi connectivity index (χ3v) is 3.77. The Labute approximate surface area is 115 Å². The van der Waals surface area contributed by atoms with Crippen molar-refractivity contribution in [2.45, 2.75) is 45.6 Å². The van der Waals surface area contributed by atoms with Crippen LogP contribution in [-0.2, 0) is 11.3 Å². The summed E-state index contributed by atoms with van der Waals surface area (Å²) in [5, 5.41) is 6.28. The van der Waals surface area contributed by atoms with Gasteiger partial charge in [-0.1, -0.05) is 31.9 Å². The van der Waals surface area contributed by atoms with Gasteiger partial charge in [0.25, 0.3) is 0 Å². The summed E-state index contributed by atoms with van der Waals surface area (Å²) in [6.07, 6.45) is 5.69. The van der Waals surface area contributed by atoms with Crippen molar-refractivity contribution in [3.63, 3.8) is 0 Å². The summed E-state index contributed by atoms with van der Waals surface area (Å²) in [4.78, 5) is 11.9. The summed E-state index contributed by atoms with van der Waals surface area (Å²) in [5.41, 5.74) is 2.15. The molecular weight excluding hydrogens is 236 g/mol. The lowest BCUT2D eigenvalue weighted by Crippen LogP contribution is -2.15. The summed E-state index contributed by atoms with van der Waals surface area (Å²) in [6.45, 7) is 3.95. The lowest BCUT2D eigenvalue weighted by Gasteiger charge is -2.10. The van der Waals surface area contributed by atoms with Crippen LogP contribution in [0.25, 0.3) is 0 Å². The van der Waals surface area contributed by atoms with Gasteiger partial charge in [-0.2, -0.15) is 0 Å². The van der Waals surface area contributed by atoms with Gasteiger partial charge in [-0.05, 0) is 43.0 Å². The van der Waals surface area contributed by atoms with Crippen LogP contribution in [-0.4, -0.2) is 12.5 Å². The maximum absolute atomic E-state index is 11.9. The Morgan fingerprint density at radius 3 is 2.53 bits per heavy atom. The molecular formula is C16H24N2O. The van der Waals surface area contributed by atoms with E-state index in [0.29, 0.717) is 12.3 Å². The number of amides is 1. The largest absolute Gasteiger partial charge is 0.326 e. The molecule has 3 heteroatoms. The highest BCUT2D eigenvalue weighted by molar-refractivity contribution is 5.90. The Bertz CT molecular complexity index is 394. The molecule has 0 bridgehead atoms. The monoisotopic (exact) mass is 260 g/mol. The topological polar surface area (TPSA) is 41.1 Å². The van der Waals surface area contributed by atoms with Gasteiger partial charge < -0.3 is 10.6 Å². The van der Waals surface area contributed by atoms with Crippen molar-refractivity contribution in [2.24, 2.45) is 5.92 Å². The maximum atomic E-state index is 11.9. The first kappa shape index (κ1) is 14.1. The minimum Gasteiger partial charge on any atom is -0.326 e. The quantitative estimate of drug-likeness (QED) is 0.824. The fourth-order valence-corrected chi connectivity index (χ4v) is 2.66. The Hall–Kier alpha value is -1.35. The molecule has 0 atom stereocenters. The first-order valence-electron chi connectivity index (χ1n) is 7.37. The van der Waals surface area contributed by atoms with E-state index in [9.17, 15) is 4.79 Å². The van der Waals surface area contributed by atoms with E-state index in [1.165, 1.54) is 31.2 Å². The van der Waals surface area contributed by atoms with Gasteiger partial charge in [-0.15, -0.1) is 0 Å². The summed E-state index contributed by atoms with van der Waals surface area (Å²) < 4.78 is 0. The summed E-state index contributed by atoms with van der Waals surface area (Å²) in [5.74, 6) is 0.763. The molecule has 0 unspecified atom stereocenters. The summed E-state index contributed by atoms with van der Waals surface area (Å²) >= 11 is 0. The van der Waals surface area contributed by atoms with Crippen molar-refractivity contribution >= 4 is 11.6 Å². The normalized spacial score (nSPS) is 15.6. The zero-order chi connectivity index (χ0) is 13.5. The molecule has 1 saturated carbocycles. The maximum Gasteiger partial charge on any atom is 0.224 e. The highest BCUT2D eigenvalue weighted by Gasteiger charge is 2.18. The molecule has 2 N–H and O–H groups in total. The van der Waals surface area contributed by atoms with E-state index in [1.807, 2.05) is 12.1 Å². The van der Waals surface area contributed by atoms with Crippen LogP contribution in [0.3, 0.4) is 0 Å². The molecule has 1 amide bonds. The van der Waals surface area contributed by atoms with E-state index in [-0.39, 0.29) is 5.91 Å². The van der Waals surface area contributed by atoms with Gasteiger partial charge in [-0.3, -0.25) is 4.79 Å². The zero-order valence-electron chi connectivity index (χ0n) is 11.7. The first-order chi connectivity index (χ1) is 9.28. The number of anilines is 1. The van der Waals surface area contributed by atoms with Crippen molar-refractivity contribution in [1.29, 1.82) is 0 Å². The SMILES string of the molecule is CCNCc1ccc(NC(=O)CC2CCCC2)cc1. The van der Waals surface area contributed by atoms with Crippen LogP contribution >= 0.6 is 0 Å². The number of carbonyl (C=O) groups is 1. The minimum atomic E-state index is 0.159. The molecule has 1 fully saturated rings. The van der Waals surface area contributed by atoms with Gasteiger partial charge in [0.15, 0.2) is 0 Å². The van der Waals surface area contributed by atoms with E-state index < -0.39 is 0 Å². The Kier molecular flexibility index (Phi) is 5.40. The van der Waals surface area contributed by atoms with Crippen LogP contribution in [0, 0.1) is 5.92 Å². The van der Waals surface area contributed by atoms with Gasteiger partial charge in [0, 0.05) is 18.7 Å². The molecule has 0 aliphatic heterocycles. The lowest BCUT2D eigenvalue weighted by molar-refractivity contribution is -0.117. The third kappa shape index (κ3) is 4.67. The molecule has 0 aromatic heterocycles. The predicted octanol–water partition coefficient (Wildman–Crippen LogP) is 3.31. The van der Waals surface area contributed by atoms with Gasteiger partial charge >= 0.3 is 0 Å². The van der Waals surface area contributed by atoms with E-state index in [0.717, 1.165) is 18.8 Å². The molecule has 19 heavy (non-hydrogen) atoms. The van der Waals surface area contributed by atoms with Gasteiger partial charge in [0.05, 0.1) is 0 Å². The number of rotatable bonds is 6. The van der Waals surface area contributed by atoms with E-state index in [4.69, 9.17) is 0 Å². The lowest BCUT2D eigenvalue weighted by atomic mass is 10.0. The van der Waals surface area contributed by atoms with Crippen molar-refractivity contribution < 1.29 is 4.79 Å². The number of benzene rings is 1. The van der Waals surface area contributed by atoms with E-state index >= 15 is 0 Å². The van der Waals surface area contributed by atoms with Crippen LogP contribution in [0.5, 0.6) is 0 Å². The van der Waals surface area contributed by atoms with E-state index in [1.54, 1.807) is 0 Å². The molecule has 1 aliphatic rings. The smallest absolute Gasteiger partial charge is 0.224 e. The Morgan fingerprint density at radius 2 is 1.89 bits per heavy atom. The minimum absolute atomic E-state index is 0.159. The molecule has 1 aromatic carbocycles. The fourth-order valence-electron chi connectivity index (χ4n) is 2.66. The molecule has 3 nitrogen and oxygen atoms in total. The van der Waals surface area contributed by atoms with Crippen molar-refractivity contribution in [3.05, 3.63) is 29.8 Å². The van der Waals surface area contributed by atoms with Crippen LogP contribution in [0.15, 0.2) is 24.3 Å². The standard InChI is InChI=1S/C16H24N2O/c1-2-17-12-14-7-9-15(10-8-14)18-16(19)11-13-5-3-4-6-13/h7-10,13,17H,2-6,11-12H2,1H3,(H,18,19). The van der Waals surface area contributed by atoms with Crippen LogP contribution < -0.4 is 10.6 Å². The summed E-state index contributed by atoms with van der Waals surface area (Å²) in [7, 11) is 0. The average Bonchev–Trinajstić information content (AvgIpc) is 2.90. The number of hydrogen-bond acceptors (Lipinski definition) is 2. The van der Waals surface area contributed by atoms with Gasteiger partial charge in [-0.25, -0.2) is 0 Å². The highest BCUT2D eigenvalue weighted by Crippen LogP contribution is 2.27. The van der Waals surface area contributed by atoms with Gasteiger partial charge in [0.2, 0.25) is 5.91 Å². The van der Waals surface area contributed by atoms with Crippen LogP contribution in [0.4, 0.5) is 5.69 Å². The fraction of sp³-hybridized carbons (Fsp3) is 0.562. The molecule has 0 saturated heterocycles. The number of carbonyl (C=O) groups excluding carboxylic acids is 1. The highest BCUT2D eigenvalue weighted by atomic mass is 16.1. The third-order valence-electron chi connectivity index (χ3n) is 3.77. The molecule has 104 valence electrons. The number of hydrogen-bond donors (Lipinski definition) is 2. The molecule has 0 heterocycles. The molecule has 1 aliphatic carbocycles. The van der Waals surface area contributed by atoms with Crippen molar-refractivity contribution in [2.75, 3.05) is 11.9 Å². The molecule has 2 rings (SSSR count). The summed E-state index contributed by atoms with van der Waals surface area (Å²) in [6, 6.07) is 8.10. The second-order valence-corrected chi connectivity index (χ2v) is 5.38. The van der Waals surface area contributed by atoms with E-state index in [2.05, 4.69) is 29.7 Å². The second kappa shape index (κ2) is 7.29. The first-order valence-corrected chi connectivity index (χ1v) is 7.37.